The molecule has 0 saturated carbocycles. The molecule has 5 nitrogen and oxygen atoms in total. The van der Waals surface area contributed by atoms with Crippen LogP contribution in [0, 0.1) is 12.8 Å². The number of aromatic nitrogens is 2. The lowest BCUT2D eigenvalue weighted by molar-refractivity contribution is 0.0983. The molecule has 24 heavy (non-hydrogen) atoms. The van der Waals surface area contributed by atoms with Crippen LogP contribution in [0.1, 0.15) is 45.5 Å². The number of hydrogen-bond donors (Lipinski definition) is 1. The fourth-order valence-electron chi connectivity index (χ4n) is 3.47. The van der Waals surface area contributed by atoms with Gasteiger partial charge in [-0.3, -0.25) is 9.69 Å². The fourth-order valence-corrected chi connectivity index (χ4v) is 5.34. The number of rotatable bonds is 3. The molecular formula is C17H22N4OS2. The van der Waals surface area contributed by atoms with Gasteiger partial charge in [-0.2, -0.15) is 0 Å². The Morgan fingerprint density at radius 3 is 3.17 bits per heavy atom. The Morgan fingerprint density at radius 1 is 1.42 bits per heavy atom. The molecule has 4 rings (SSSR count). The molecule has 2 aromatic heterocycles. The van der Waals surface area contributed by atoms with Gasteiger partial charge in [-0.25, -0.2) is 9.97 Å². The lowest BCUT2D eigenvalue weighted by Crippen LogP contribution is -2.31. The van der Waals surface area contributed by atoms with E-state index in [1.807, 2.05) is 17.2 Å². The highest BCUT2D eigenvalue weighted by Gasteiger charge is 2.27. The summed E-state index contributed by atoms with van der Waals surface area (Å²) < 4.78 is 0. The summed E-state index contributed by atoms with van der Waals surface area (Å²) in [6.07, 6.45) is 5.28. The Morgan fingerprint density at radius 2 is 2.33 bits per heavy atom. The molecule has 0 radical (unpaired) electrons. The lowest BCUT2D eigenvalue weighted by Gasteiger charge is -2.18. The molecule has 2 aliphatic rings. The molecule has 0 bridgehead atoms. The normalized spacial score (nSPS) is 20.9. The zero-order valence-electron chi connectivity index (χ0n) is 13.9. The van der Waals surface area contributed by atoms with Crippen molar-refractivity contribution in [3.8, 4) is 0 Å². The Kier molecular flexibility index (Phi) is 4.65. The van der Waals surface area contributed by atoms with Gasteiger partial charge in [0.2, 0.25) is 0 Å². The third-order valence-corrected chi connectivity index (χ3v) is 6.62. The number of aryl methyl sites for hydroxylation is 2. The number of thiazole rings is 2. The maximum absolute atomic E-state index is 13.0. The molecule has 1 N–H and O–H groups in total. The third-order valence-electron chi connectivity index (χ3n) is 4.72. The van der Waals surface area contributed by atoms with Crippen molar-refractivity contribution in [1.82, 2.24) is 15.3 Å². The van der Waals surface area contributed by atoms with Gasteiger partial charge in [0.1, 0.15) is 10.7 Å². The first-order chi connectivity index (χ1) is 11.7. The van der Waals surface area contributed by atoms with Gasteiger partial charge in [0.05, 0.1) is 15.7 Å². The number of nitrogens with zero attached hydrogens (tertiary/aromatic N) is 3. The van der Waals surface area contributed by atoms with Gasteiger partial charge in [-0.15, -0.1) is 22.7 Å². The van der Waals surface area contributed by atoms with Gasteiger partial charge in [0.25, 0.3) is 5.91 Å². The molecule has 4 heterocycles. The van der Waals surface area contributed by atoms with E-state index in [-0.39, 0.29) is 5.91 Å². The van der Waals surface area contributed by atoms with Crippen LogP contribution in [0.5, 0.6) is 0 Å². The Hall–Kier alpha value is -1.31. The molecule has 0 spiro atoms. The van der Waals surface area contributed by atoms with Crippen LogP contribution in [0.15, 0.2) is 5.38 Å². The van der Waals surface area contributed by atoms with Gasteiger partial charge >= 0.3 is 0 Å². The third kappa shape index (κ3) is 3.25. The second kappa shape index (κ2) is 6.90. The smallest absolute Gasteiger partial charge is 0.278 e. The SMILES string of the molecule is Cc1nc2c(s1)N(C(=O)c1csc(CC3CCNC3)n1)CCCC2. The molecule has 1 unspecified atom stereocenters. The summed E-state index contributed by atoms with van der Waals surface area (Å²) >= 11 is 3.25. The van der Waals surface area contributed by atoms with Crippen molar-refractivity contribution in [3.63, 3.8) is 0 Å². The number of hydrogen-bond acceptors (Lipinski definition) is 6. The quantitative estimate of drug-likeness (QED) is 0.912. The van der Waals surface area contributed by atoms with E-state index in [1.54, 1.807) is 22.7 Å². The Bertz CT molecular complexity index is 733. The van der Waals surface area contributed by atoms with Crippen LogP contribution in [0.4, 0.5) is 5.00 Å². The van der Waals surface area contributed by atoms with Crippen molar-refractivity contribution < 1.29 is 4.79 Å². The molecule has 1 saturated heterocycles. The number of amides is 1. The van der Waals surface area contributed by atoms with Gasteiger partial charge in [0, 0.05) is 18.3 Å². The van der Waals surface area contributed by atoms with E-state index in [0.29, 0.717) is 11.6 Å². The largest absolute Gasteiger partial charge is 0.316 e. The zero-order chi connectivity index (χ0) is 16.5. The van der Waals surface area contributed by atoms with Crippen LogP contribution < -0.4 is 10.2 Å². The maximum atomic E-state index is 13.0. The molecule has 2 aliphatic heterocycles. The molecule has 7 heteroatoms. The predicted octanol–water partition coefficient (Wildman–Crippen LogP) is 3.04. The monoisotopic (exact) mass is 362 g/mol. The van der Waals surface area contributed by atoms with Gasteiger partial charge in [0.15, 0.2) is 0 Å². The van der Waals surface area contributed by atoms with Crippen molar-refractivity contribution in [3.05, 3.63) is 26.8 Å². The predicted molar refractivity (Wildman–Crippen MR) is 98.3 cm³/mol. The maximum Gasteiger partial charge on any atom is 0.278 e. The summed E-state index contributed by atoms with van der Waals surface area (Å²) in [7, 11) is 0. The van der Waals surface area contributed by atoms with Crippen LogP contribution in [0.25, 0.3) is 0 Å². The minimum atomic E-state index is 0.0360. The van der Waals surface area contributed by atoms with E-state index in [1.165, 1.54) is 6.42 Å². The van der Waals surface area contributed by atoms with E-state index in [9.17, 15) is 4.79 Å². The van der Waals surface area contributed by atoms with Crippen LogP contribution in [-0.4, -0.2) is 35.5 Å². The minimum absolute atomic E-state index is 0.0360. The van der Waals surface area contributed by atoms with Crippen molar-refractivity contribution in [1.29, 1.82) is 0 Å². The second-order valence-electron chi connectivity index (χ2n) is 6.59. The van der Waals surface area contributed by atoms with Gasteiger partial charge < -0.3 is 5.32 Å². The average molecular weight is 363 g/mol. The van der Waals surface area contributed by atoms with Gasteiger partial charge in [-0.05, 0) is 51.6 Å². The molecule has 128 valence electrons. The topological polar surface area (TPSA) is 58.1 Å². The van der Waals surface area contributed by atoms with Crippen LogP contribution >= 0.6 is 22.7 Å². The highest BCUT2D eigenvalue weighted by atomic mass is 32.1. The van der Waals surface area contributed by atoms with E-state index < -0.39 is 0 Å². The highest BCUT2D eigenvalue weighted by Crippen LogP contribution is 2.33. The van der Waals surface area contributed by atoms with Crippen molar-refractivity contribution >= 4 is 33.6 Å². The summed E-state index contributed by atoms with van der Waals surface area (Å²) in [6.45, 7) is 4.95. The van der Waals surface area contributed by atoms with Crippen molar-refractivity contribution in [2.24, 2.45) is 5.92 Å². The van der Waals surface area contributed by atoms with Crippen molar-refractivity contribution in [2.45, 2.75) is 39.0 Å². The summed E-state index contributed by atoms with van der Waals surface area (Å²) in [5.74, 6) is 0.696. The molecule has 0 aromatic carbocycles. The number of anilines is 1. The van der Waals surface area contributed by atoms with Gasteiger partial charge in [-0.1, -0.05) is 0 Å². The Labute approximate surface area is 150 Å². The average Bonchev–Trinajstić information content (AvgIpc) is 3.28. The molecule has 0 aliphatic carbocycles. The van der Waals surface area contributed by atoms with E-state index >= 15 is 0 Å². The standard InChI is InChI=1S/C17H22N4OS2/c1-11-19-13-4-2-3-7-21(17(13)24-11)16(22)14-10-23-15(20-14)8-12-5-6-18-9-12/h10,12,18H,2-9H2,1H3. The van der Waals surface area contributed by atoms with E-state index in [0.717, 1.165) is 66.0 Å². The van der Waals surface area contributed by atoms with Crippen LogP contribution in [0.3, 0.4) is 0 Å². The summed E-state index contributed by atoms with van der Waals surface area (Å²) in [6, 6.07) is 0. The van der Waals surface area contributed by atoms with Crippen LogP contribution in [0.2, 0.25) is 0 Å². The zero-order valence-corrected chi connectivity index (χ0v) is 15.5. The molecular weight excluding hydrogens is 340 g/mol. The molecule has 2 aromatic rings. The van der Waals surface area contributed by atoms with E-state index in [4.69, 9.17) is 0 Å². The van der Waals surface area contributed by atoms with Crippen LogP contribution in [-0.2, 0) is 12.8 Å². The molecule has 1 atom stereocenters. The van der Waals surface area contributed by atoms with E-state index in [2.05, 4.69) is 15.3 Å². The summed E-state index contributed by atoms with van der Waals surface area (Å²) in [5, 5.41) is 8.47. The first kappa shape index (κ1) is 16.2. The molecule has 1 fully saturated rings. The second-order valence-corrected chi connectivity index (χ2v) is 8.71. The van der Waals surface area contributed by atoms with Crippen molar-refractivity contribution in [2.75, 3.05) is 24.5 Å². The Balaban J connectivity index is 1.53. The summed E-state index contributed by atoms with van der Waals surface area (Å²) in [4.78, 5) is 24.2. The molecule has 1 amide bonds. The first-order valence-electron chi connectivity index (χ1n) is 8.64. The first-order valence-corrected chi connectivity index (χ1v) is 10.3. The highest BCUT2D eigenvalue weighted by molar-refractivity contribution is 7.16. The fraction of sp³-hybridized carbons (Fsp3) is 0.588. The summed E-state index contributed by atoms with van der Waals surface area (Å²) in [5.41, 5.74) is 1.68. The minimum Gasteiger partial charge on any atom is -0.316 e. The number of nitrogens with one attached hydrogen (secondary N) is 1. The number of carbonyl (C=O) groups is 1. The number of fused-ring (bicyclic) bond motifs is 1. The lowest BCUT2D eigenvalue weighted by atomic mass is 10.1. The number of carbonyl (C=O) groups excluding carboxylic acids is 1.